The second-order valence-electron chi connectivity index (χ2n) is 5.83. The molecule has 2 N–H and O–H groups in total. The Balaban J connectivity index is 2.02. The minimum absolute atomic E-state index is 0.0832. The lowest BCUT2D eigenvalue weighted by Gasteiger charge is -2.03. The SMILES string of the molecule is Cc1cc(N=Nc2c(C)[nH]n(-c3cccc(S(=O)(=O)O)c3)c2=O)ccc1Cl. The molecule has 2 aromatic carbocycles. The third-order valence-corrected chi connectivity index (χ3v) is 5.09. The highest BCUT2D eigenvalue weighted by molar-refractivity contribution is 7.85. The lowest BCUT2D eigenvalue weighted by molar-refractivity contribution is 0.483. The van der Waals surface area contributed by atoms with Crippen molar-refractivity contribution in [2.24, 2.45) is 10.2 Å². The summed E-state index contributed by atoms with van der Waals surface area (Å²) in [6, 6.07) is 10.4. The number of halogens is 1. The molecule has 140 valence electrons. The topological polar surface area (TPSA) is 117 Å². The van der Waals surface area contributed by atoms with Gasteiger partial charge in [0.25, 0.3) is 15.7 Å². The molecule has 8 nitrogen and oxygen atoms in total. The highest BCUT2D eigenvalue weighted by atomic mass is 35.5. The van der Waals surface area contributed by atoms with E-state index in [2.05, 4.69) is 15.3 Å². The number of hydrogen-bond acceptors (Lipinski definition) is 5. The third-order valence-electron chi connectivity index (χ3n) is 3.82. The number of aromatic nitrogens is 2. The van der Waals surface area contributed by atoms with Gasteiger partial charge in [0, 0.05) is 5.02 Å². The molecule has 0 aliphatic heterocycles. The van der Waals surface area contributed by atoms with Gasteiger partial charge < -0.3 is 0 Å². The highest BCUT2D eigenvalue weighted by Crippen LogP contribution is 2.24. The number of aryl methyl sites for hydroxylation is 2. The van der Waals surface area contributed by atoms with Gasteiger partial charge in [0.2, 0.25) is 0 Å². The fourth-order valence-electron chi connectivity index (χ4n) is 2.42. The molecule has 0 aliphatic rings. The fourth-order valence-corrected chi connectivity index (χ4v) is 3.06. The van der Waals surface area contributed by atoms with Crippen molar-refractivity contribution >= 4 is 33.1 Å². The van der Waals surface area contributed by atoms with Gasteiger partial charge in [0.15, 0.2) is 5.69 Å². The molecule has 1 aromatic heterocycles. The van der Waals surface area contributed by atoms with E-state index in [4.69, 9.17) is 11.6 Å². The van der Waals surface area contributed by atoms with Crippen LogP contribution in [0.5, 0.6) is 0 Å². The van der Waals surface area contributed by atoms with Crippen molar-refractivity contribution in [2.45, 2.75) is 18.7 Å². The number of rotatable bonds is 4. The fraction of sp³-hybridized carbons (Fsp3) is 0.118. The summed E-state index contributed by atoms with van der Waals surface area (Å²) < 4.78 is 32.9. The van der Waals surface area contributed by atoms with Crippen molar-refractivity contribution in [1.29, 1.82) is 0 Å². The molecule has 27 heavy (non-hydrogen) atoms. The van der Waals surface area contributed by atoms with Crippen molar-refractivity contribution in [2.75, 3.05) is 0 Å². The first-order valence-corrected chi connectivity index (χ1v) is 9.56. The minimum atomic E-state index is -4.39. The molecule has 3 aromatic rings. The first kappa shape index (κ1) is 19.0. The number of nitrogens with zero attached hydrogens (tertiary/aromatic N) is 3. The summed E-state index contributed by atoms with van der Waals surface area (Å²) >= 11 is 5.97. The van der Waals surface area contributed by atoms with Gasteiger partial charge in [-0.1, -0.05) is 17.7 Å². The van der Waals surface area contributed by atoms with Gasteiger partial charge in [0.1, 0.15) is 0 Å². The second kappa shape index (κ2) is 7.10. The van der Waals surface area contributed by atoms with Crippen LogP contribution in [0.4, 0.5) is 11.4 Å². The average molecular weight is 407 g/mol. The van der Waals surface area contributed by atoms with Crippen LogP contribution >= 0.6 is 11.6 Å². The van der Waals surface area contributed by atoms with E-state index in [0.717, 1.165) is 10.2 Å². The van der Waals surface area contributed by atoms with Crippen molar-refractivity contribution in [3.05, 3.63) is 69.1 Å². The summed E-state index contributed by atoms with van der Waals surface area (Å²) in [6.45, 7) is 3.48. The monoisotopic (exact) mass is 406 g/mol. The highest BCUT2D eigenvalue weighted by Gasteiger charge is 2.15. The van der Waals surface area contributed by atoms with E-state index in [9.17, 15) is 17.8 Å². The quantitative estimate of drug-likeness (QED) is 0.501. The molecule has 0 saturated heterocycles. The maximum Gasteiger partial charge on any atom is 0.299 e. The maximum atomic E-state index is 12.6. The van der Waals surface area contributed by atoms with Gasteiger partial charge in [-0.05, 0) is 55.8 Å². The number of nitrogens with one attached hydrogen (secondary N) is 1. The van der Waals surface area contributed by atoms with Gasteiger partial charge in [-0.3, -0.25) is 14.4 Å². The molecule has 0 spiro atoms. The summed E-state index contributed by atoms with van der Waals surface area (Å²) in [5.74, 6) is 0. The van der Waals surface area contributed by atoms with Gasteiger partial charge >= 0.3 is 0 Å². The zero-order valence-electron chi connectivity index (χ0n) is 14.3. The Morgan fingerprint density at radius 3 is 2.52 bits per heavy atom. The van der Waals surface area contributed by atoms with E-state index in [1.54, 1.807) is 25.1 Å². The molecule has 0 bridgehead atoms. The van der Waals surface area contributed by atoms with Crippen molar-refractivity contribution in [3.63, 3.8) is 0 Å². The smallest absolute Gasteiger partial charge is 0.293 e. The Morgan fingerprint density at radius 2 is 1.85 bits per heavy atom. The van der Waals surface area contributed by atoms with Crippen LogP contribution in [0.2, 0.25) is 5.02 Å². The summed E-state index contributed by atoms with van der Waals surface area (Å²) in [4.78, 5) is 12.3. The summed E-state index contributed by atoms with van der Waals surface area (Å²) in [7, 11) is -4.39. The van der Waals surface area contributed by atoms with Crippen molar-refractivity contribution < 1.29 is 13.0 Å². The van der Waals surface area contributed by atoms with E-state index in [1.165, 1.54) is 24.3 Å². The van der Waals surface area contributed by atoms with Crippen LogP contribution < -0.4 is 5.56 Å². The van der Waals surface area contributed by atoms with Crippen LogP contribution in [0.1, 0.15) is 11.3 Å². The minimum Gasteiger partial charge on any atom is -0.293 e. The van der Waals surface area contributed by atoms with Gasteiger partial charge in [-0.2, -0.15) is 13.5 Å². The summed E-state index contributed by atoms with van der Waals surface area (Å²) in [5.41, 5.74) is 1.64. The van der Waals surface area contributed by atoms with Crippen LogP contribution in [-0.4, -0.2) is 22.8 Å². The predicted octanol–water partition coefficient (Wildman–Crippen LogP) is 4.10. The Labute approximate surface area is 159 Å². The van der Waals surface area contributed by atoms with E-state index in [-0.39, 0.29) is 16.3 Å². The third kappa shape index (κ3) is 4.00. The Kier molecular flexibility index (Phi) is 5.01. The number of hydrogen-bond donors (Lipinski definition) is 2. The largest absolute Gasteiger partial charge is 0.299 e. The Morgan fingerprint density at radius 1 is 1.11 bits per heavy atom. The van der Waals surface area contributed by atoms with Crippen LogP contribution in [0.25, 0.3) is 5.69 Å². The molecule has 0 amide bonds. The zero-order chi connectivity index (χ0) is 19.8. The molecular formula is C17H15ClN4O4S. The molecule has 3 rings (SSSR count). The average Bonchev–Trinajstić information content (AvgIpc) is 2.89. The van der Waals surface area contributed by atoms with Crippen LogP contribution in [0.3, 0.4) is 0 Å². The first-order valence-electron chi connectivity index (χ1n) is 7.74. The Hall–Kier alpha value is -2.75. The van der Waals surface area contributed by atoms with Crippen LogP contribution in [0.15, 0.2) is 62.4 Å². The Bertz CT molecular complexity index is 1210. The molecular weight excluding hydrogens is 392 g/mol. The van der Waals surface area contributed by atoms with E-state index in [1.807, 2.05) is 6.92 Å². The lowest BCUT2D eigenvalue weighted by atomic mass is 10.2. The normalized spacial score (nSPS) is 12.0. The number of azo groups is 1. The number of aromatic amines is 1. The summed E-state index contributed by atoms with van der Waals surface area (Å²) in [6.07, 6.45) is 0. The molecule has 0 saturated carbocycles. The van der Waals surface area contributed by atoms with Gasteiger partial charge in [-0.25, -0.2) is 4.68 Å². The van der Waals surface area contributed by atoms with E-state index >= 15 is 0 Å². The maximum absolute atomic E-state index is 12.6. The summed E-state index contributed by atoms with van der Waals surface area (Å²) in [5, 5.41) is 11.5. The second-order valence-corrected chi connectivity index (χ2v) is 7.66. The molecule has 0 aliphatic carbocycles. The van der Waals surface area contributed by atoms with Gasteiger partial charge in [-0.15, -0.1) is 5.11 Å². The molecule has 1 heterocycles. The number of benzene rings is 2. The predicted molar refractivity (Wildman–Crippen MR) is 101 cm³/mol. The molecule has 0 unspecified atom stereocenters. The van der Waals surface area contributed by atoms with Crippen LogP contribution in [0, 0.1) is 13.8 Å². The first-order chi connectivity index (χ1) is 12.7. The molecule has 0 radical (unpaired) electrons. The molecule has 10 heteroatoms. The molecule has 0 fully saturated rings. The lowest BCUT2D eigenvalue weighted by Crippen LogP contribution is -2.14. The zero-order valence-corrected chi connectivity index (χ0v) is 15.9. The van der Waals surface area contributed by atoms with E-state index < -0.39 is 15.7 Å². The number of H-pyrrole nitrogens is 1. The standard InChI is InChI=1S/C17H15ClN4O4S/c1-10-8-12(6-7-15(10)18)19-20-16-11(2)21-22(17(16)23)13-4-3-5-14(9-13)27(24,25)26/h3-9,21H,1-2H3,(H,24,25,26). The van der Waals surface area contributed by atoms with Crippen molar-refractivity contribution in [3.8, 4) is 5.69 Å². The van der Waals surface area contributed by atoms with Crippen molar-refractivity contribution in [1.82, 2.24) is 9.78 Å². The van der Waals surface area contributed by atoms with Gasteiger partial charge in [0.05, 0.1) is 22.0 Å². The van der Waals surface area contributed by atoms with Crippen LogP contribution in [-0.2, 0) is 10.1 Å². The van der Waals surface area contributed by atoms with E-state index in [0.29, 0.717) is 16.4 Å². The molecule has 0 atom stereocenters.